The van der Waals surface area contributed by atoms with Crippen molar-refractivity contribution in [3.05, 3.63) is 93.5 Å². The third kappa shape index (κ3) is 7.63. The molecule has 8 heteroatoms. The fourth-order valence-corrected chi connectivity index (χ4v) is 4.65. The van der Waals surface area contributed by atoms with E-state index in [4.69, 9.17) is 32.7 Å². The molecule has 0 aromatic heterocycles. The predicted octanol–water partition coefficient (Wildman–Crippen LogP) is 5.72. The van der Waals surface area contributed by atoms with Gasteiger partial charge in [0.1, 0.15) is 6.04 Å². The van der Waals surface area contributed by atoms with E-state index in [9.17, 15) is 9.59 Å². The lowest BCUT2D eigenvalue weighted by atomic mass is 10.0. The molecule has 0 spiro atoms. The van der Waals surface area contributed by atoms with Gasteiger partial charge in [-0.3, -0.25) is 9.59 Å². The number of likely N-dealkylation sites (N-methyl/N-ethyl adjacent to an activating group) is 1. The van der Waals surface area contributed by atoms with Gasteiger partial charge in [0.25, 0.3) is 0 Å². The minimum atomic E-state index is -0.743. The molecular weight excluding hydrogens is 511 g/mol. The first-order valence-corrected chi connectivity index (χ1v) is 12.9. The van der Waals surface area contributed by atoms with E-state index in [1.165, 1.54) is 0 Å². The Morgan fingerprint density at radius 2 is 1.57 bits per heavy atom. The maximum atomic E-state index is 13.8. The van der Waals surface area contributed by atoms with Gasteiger partial charge in [-0.25, -0.2) is 0 Å². The quantitative estimate of drug-likeness (QED) is 0.317. The zero-order valence-electron chi connectivity index (χ0n) is 21.3. The normalized spacial score (nSPS) is 11.5. The number of methoxy groups -OCH3 is 2. The van der Waals surface area contributed by atoms with Gasteiger partial charge in [-0.2, -0.15) is 0 Å². The number of hydrogen-bond acceptors (Lipinski definition) is 4. The van der Waals surface area contributed by atoms with E-state index >= 15 is 0 Å². The van der Waals surface area contributed by atoms with E-state index in [0.29, 0.717) is 46.5 Å². The number of carbonyl (C=O) groups is 2. The lowest BCUT2D eigenvalue weighted by Gasteiger charge is -2.32. The van der Waals surface area contributed by atoms with Crippen LogP contribution in [0, 0.1) is 0 Å². The number of ether oxygens (including phenoxy) is 2. The standard InChI is InChI=1S/C29H32Cl2N2O4/c1-4-32-29(35)25(17-20-9-6-5-7-10-20)33(19-22-23(30)11-8-12-24(22)31)28(34)16-14-21-13-15-26(36-2)27(18-21)37-3/h5-13,15,18,25H,4,14,16-17,19H2,1-3H3,(H,32,35)/t25-/m0/s1. The molecule has 3 aromatic carbocycles. The van der Waals surface area contributed by atoms with Gasteiger partial charge in [0, 0.05) is 41.5 Å². The van der Waals surface area contributed by atoms with E-state index in [1.54, 1.807) is 37.3 Å². The topological polar surface area (TPSA) is 67.9 Å². The summed E-state index contributed by atoms with van der Waals surface area (Å²) >= 11 is 12.9. The molecule has 3 aromatic rings. The van der Waals surface area contributed by atoms with Crippen molar-refractivity contribution in [3.8, 4) is 11.5 Å². The zero-order chi connectivity index (χ0) is 26.8. The average molecular weight is 543 g/mol. The molecule has 3 rings (SSSR count). The Morgan fingerprint density at radius 1 is 0.892 bits per heavy atom. The molecule has 0 fully saturated rings. The smallest absolute Gasteiger partial charge is 0.243 e. The third-order valence-corrected chi connectivity index (χ3v) is 6.80. The van der Waals surface area contributed by atoms with Gasteiger partial charge in [-0.15, -0.1) is 0 Å². The zero-order valence-corrected chi connectivity index (χ0v) is 22.8. The van der Waals surface area contributed by atoms with Crippen molar-refractivity contribution < 1.29 is 19.1 Å². The Labute approximate surface area is 228 Å². The summed E-state index contributed by atoms with van der Waals surface area (Å²) in [7, 11) is 3.15. The molecule has 0 radical (unpaired) electrons. The van der Waals surface area contributed by atoms with Crippen molar-refractivity contribution in [2.24, 2.45) is 0 Å². The van der Waals surface area contributed by atoms with E-state index in [-0.39, 0.29) is 24.8 Å². The van der Waals surface area contributed by atoms with E-state index in [2.05, 4.69) is 5.32 Å². The first-order chi connectivity index (χ1) is 17.9. The summed E-state index contributed by atoms with van der Waals surface area (Å²) in [6.45, 7) is 2.41. The van der Waals surface area contributed by atoms with Crippen molar-refractivity contribution in [1.82, 2.24) is 10.2 Å². The third-order valence-electron chi connectivity index (χ3n) is 6.09. The highest BCUT2D eigenvalue weighted by Gasteiger charge is 2.31. The van der Waals surface area contributed by atoms with Crippen LogP contribution in [0.25, 0.3) is 0 Å². The molecule has 1 atom stereocenters. The molecule has 0 aliphatic rings. The van der Waals surface area contributed by atoms with Gasteiger partial charge in [0.2, 0.25) is 11.8 Å². The van der Waals surface area contributed by atoms with E-state index in [0.717, 1.165) is 11.1 Å². The largest absolute Gasteiger partial charge is 0.493 e. The molecule has 0 heterocycles. The number of amides is 2. The van der Waals surface area contributed by atoms with Gasteiger partial charge >= 0.3 is 0 Å². The van der Waals surface area contributed by atoms with Crippen molar-refractivity contribution in [2.75, 3.05) is 20.8 Å². The summed E-state index contributed by atoms with van der Waals surface area (Å²) in [4.78, 5) is 28.6. The summed E-state index contributed by atoms with van der Waals surface area (Å²) < 4.78 is 10.7. The first-order valence-electron chi connectivity index (χ1n) is 12.1. The van der Waals surface area contributed by atoms with Crippen molar-refractivity contribution in [1.29, 1.82) is 0 Å². The minimum Gasteiger partial charge on any atom is -0.493 e. The molecule has 0 aliphatic heterocycles. The molecule has 0 saturated heterocycles. The van der Waals surface area contributed by atoms with Gasteiger partial charge in [0.05, 0.1) is 14.2 Å². The Balaban J connectivity index is 1.93. The van der Waals surface area contributed by atoms with Crippen LogP contribution >= 0.6 is 23.2 Å². The van der Waals surface area contributed by atoms with Crippen LogP contribution in [-0.4, -0.2) is 43.5 Å². The van der Waals surface area contributed by atoms with Gasteiger partial charge < -0.3 is 19.7 Å². The monoisotopic (exact) mass is 542 g/mol. The van der Waals surface area contributed by atoms with Crippen LogP contribution in [0.3, 0.4) is 0 Å². The SMILES string of the molecule is CCNC(=O)[C@H](Cc1ccccc1)N(Cc1c(Cl)cccc1Cl)C(=O)CCc1ccc(OC)c(OC)c1. The molecule has 196 valence electrons. The van der Waals surface area contributed by atoms with Gasteiger partial charge in [0.15, 0.2) is 11.5 Å². The van der Waals surface area contributed by atoms with Crippen LogP contribution in [0.5, 0.6) is 11.5 Å². The van der Waals surface area contributed by atoms with Crippen LogP contribution in [-0.2, 0) is 29.0 Å². The summed E-state index contributed by atoms with van der Waals surface area (Å²) in [5.74, 6) is 0.801. The average Bonchev–Trinajstić information content (AvgIpc) is 2.91. The fraction of sp³-hybridized carbons (Fsp3) is 0.310. The highest BCUT2D eigenvalue weighted by molar-refractivity contribution is 6.36. The van der Waals surface area contributed by atoms with E-state index in [1.807, 2.05) is 55.5 Å². The lowest BCUT2D eigenvalue weighted by Crippen LogP contribution is -2.50. The highest BCUT2D eigenvalue weighted by Crippen LogP contribution is 2.29. The number of hydrogen-bond donors (Lipinski definition) is 1. The van der Waals surface area contributed by atoms with Crippen molar-refractivity contribution in [3.63, 3.8) is 0 Å². The van der Waals surface area contributed by atoms with Crippen LogP contribution in [0.15, 0.2) is 66.7 Å². The molecule has 0 bridgehead atoms. The van der Waals surface area contributed by atoms with Crippen LogP contribution in [0.2, 0.25) is 10.0 Å². The Hall–Kier alpha value is -3.22. The van der Waals surface area contributed by atoms with Crippen molar-refractivity contribution in [2.45, 2.75) is 38.8 Å². The van der Waals surface area contributed by atoms with Crippen LogP contribution < -0.4 is 14.8 Å². The van der Waals surface area contributed by atoms with E-state index < -0.39 is 6.04 Å². The number of nitrogens with one attached hydrogen (secondary N) is 1. The summed E-state index contributed by atoms with van der Waals surface area (Å²) in [6, 6.07) is 19.7. The Morgan fingerprint density at radius 3 is 2.19 bits per heavy atom. The van der Waals surface area contributed by atoms with Gasteiger partial charge in [-0.1, -0.05) is 65.7 Å². The molecule has 0 saturated carbocycles. The highest BCUT2D eigenvalue weighted by atomic mass is 35.5. The molecule has 6 nitrogen and oxygen atoms in total. The number of nitrogens with zero attached hydrogens (tertiary/aromatic N) is 1. The second-order valence-corrected chi connectivity index (χ2v) is 9.33. The summed E-state index contributed by atoms with van der Waals surface area (Å²) in [5.41, 5.74) is 2.47. The first kappa shape index (κ1) is 28.4. The number of benzene rings is 3. The minimum absolute atomic E-state index is 0.109. The molecule has 0 aliphatic carbocycles. The number of carbonyl (C=O) groups excluding carboxylic acids is 2. The number of aryl methyl sites for hydroxylation is 1. The van der Waals surface area contributed by atoms with Crippen LogP contribution in [0.1, 0.15) is 30.0 Å². The summed E-state index contributed by atoms with van der Waals surface area (Å²) in [5, 5.41) is 3.78. The maximum Gasteiger partial charge on any atom is 0.243 e. The molecule has 0 unspecified atom stereocenters. The molecule has 2 amide bonds. The molecule has 37 heavy (non-hydrogen) atoms. The molecular formula is C29H32Cl2N2O4. The maximum absolute atomic E-state index is 13.8. The fourth-order valence-electron chi connectivity index (χ4n) is 4.13. The Kier molecular flexibility index (Phi) is 10.7. The van der Waals surface area contributed by atoms with Crippen LogP contribution in [0.4, 0.5) is 0 Å². The number of halogens is 2. The van der Waals surface area contributed by atoms with Gasteiger partial charge in [-0.05, 0) is 48.7 Å². The lowest BCUT2D eigenvalue weighted by molar-refractivity contribution is -0.141. The second kappa shape index (κ2) is 13.9. The summed E-state index contributed by atoms with van der Waals surface area (Å²) in [6.07, 6.45) is 0.999. The second-order valence-electron chi connectivity index (χ2n) is 8.51. The Bertz CT molecular complexity index is 1180. The number of rotatable bonds is 12. The molecule has 1 N–H and O–H groups in total. The van der Waals surface area contributed by atoms with Crippen molar-refractivity contribution >= 4 is 35.0 Å². The predicted molar refractivity (Wildman–Crippen MR) is 147 cm³/mol.